The van der Waals surface area contributed by atoms with Crippen molar-refractivity contribution in [2.24, 2.45) is 5.92 Å². The third kappa shape index (κ3) is 3.62. The SMILES string of the molecule is CCC[C@H]1CCCN([C@@H]2CCN(c3ccc(C#N)cc3)C2=O)CC1. The first kappa shape index (κ1) is 17.0. The zero-order valence-electron chi connectivity index (χ0n) is 14.6. The fourth-order valence-electron chi connectivity index (χ4n) is 4.17. The number of nitriles is 1. The summed E-state index contributed by atoms with van der Waals surface area (Å²) in [5, 5.41) is 8.91. The second-order valence-corrected chi connectivity index (χ2v) is 7.07. The van der Waals surface area contributed by atoms with Crippen molar-refractivity contribution >= 4 is 11.6 Å². The number of carbonyl (C=O) groups is 1. The molecular formula is C20H27N3O. The van der Waals surface area contributed by atoms with E-state index in [2.05, 4.69) is 17.9 Å². The summed E-state index contributed by atoms with van der Waals surface area (Å²) in [5.41, 5.74) is 1.55. The van der Waals surface area contributed by atoms with Crippen molar-refractivity contribution in [3.8, 4) is 6.07 Å². The molecule has 0 N–H and O–H groups in total. The van der Waals surface area contributed by atoms with Crippen LogP contribution in [0.1, 0.15) is 51.0 Å². The van der Waals surface area contributed by atoms with E-state index in [0.717, 1.165) is 37.7 Å². The second-order valence-electron chi connectivity index (χ2n) is 7.07. The quantitative estimate of drug-likeness (QED) is 0.850. The van der Waals surface area contributed by atoms with Gasteiger partial charge in [0, 0.05) is 12.2 Å². The molecule has 2 heterocycles. The molecule has 0 spiro atoms. The Bertz CT molecular complexity index is 604. The van der Waals surface area contributed by atoms with Gasteiger partial charge < -0.3 is 4.90 Å². The summed E-state index contributed by atoms with van der Waals surface area (Å²) in [4.78, 5) is 17.2. The number of hydrogen-bond donors (Lipinski definition) is 0. The minimum atomic E-state index is 0.0426. The van der Waals surface area contributed by atoms with Gasteiger partial charge in [-0.3, -0.25) is 9.69 Å². The normalized spacial score (nSPS) is 25.5. The van der Waals surface area contributed by atoms with E-state index in [4.69, 9.17) is 5.26 Å². The van der Waals surface area contributed by atoms with E-state index in [1.165, 1.54) is 32.1 Å². The third-order valence-corrected chi connectivity index (χ3v) is 5.51. The summed E-state index contributed by atoms with van der Waals surface area (Å²) in [7, 11) is 0. The lowest BCUT2D eigenvalue weighted by Crippen LogP contribution is -2.42. The Kier molecular flexibility index (Phi) is 5.52. The predicted octanol–water partition coefficient (Wildman–Crippen LogP) is 3.57. The van der Waals surface area contributed by atoms with Crippen molar-refractivity contribution in [1.82, 2.24) is 4.90 Å². The number of rotatable bonds is 4. The maximum atomic E-state index is 12.9. The van der Waals surface area contributed by atoms with Crippen LogP contribution in [-0.4, -0.2) is 36.5 Å². The van der Waals surface area contributed by atoms with Crippen molar-refractivity contribution in [2.75, 3.05) is 24.5 Å². The van der Waals surface area contributed by atoms with Crippen LogP contribution in [0, 0.1) is 17.2 Å². The van der Waals surface area contributed by atoms with Crippen molar-refractivity contribution in [3.05, 3.63) is 29.8 Å². The average Bonchev–Trinajstić information content (AvgIpc) is 2.84. The topological polar surface area (TPSA) is 47.3 Å². The van der Waals surface area contributed by atoms with Gasteiger partial charge in [-0.25, -0.2) is 0 Å². The summed E-state index contributed by atoms with van der Waals surface area (Å²) in [6.07, 6.45) is 7.25. The molecule has 1 aromatic carbocycles. The molecule has 2 fully saturated rings. The van der Waals surface area contributed by atoms with Gasteiger partial charge in [-0.1, -0.05) is 19.8 Å². The van der Waals surface area contributed by atoms with Crippen molar-refractivity contribution in [3.63, 3.8) is 0 Å². The Morgan fingerprint density at radius 2 is 1.92 bits per heavy atom. The van der Waals surface area contributed by atoms with Gasteiger partial charge in [-0.05, 0) is 69.0 Å². The molecule has 4 nitrogen and oxygen atoms in total. The predicted molar refractivity (Wildman–Crippen MR) is 95.7 cm³/mol. The highest BCUT2D eigenvalue weighted by atomic mass is 16.2. The standard InChI is InChI=1S/C20H27N3O/c1-2-4-16-5-3-12-22(13-10-16)19-11-14-23(20(19)24)18-8-6-17(15-21)7-9-18/h6-9,16,19H,2-5,10-14H2,1H3/t16-,19+/m0/s1. The molecule has 2 saturated heterocycles. The lowest BCUT2D eigenvalue weighted by Gasteiger charge is -2.26. The summed E-state index contributed by atoms with van der Waals surface area (Å²) >= 11 is 0. The van der Waals surface area contributed by atoms with E-state index in [0.29, 0.717) is 5.56 Å². The molecule has 2 aliphatic heterocycles. The highest BCUT2D eigenvalue weighted by molar-refractivity contribution is 5.99. The summed E-state index contributed by atoms with van der Waals surface area (Å²) in [6.45, 7) is 5.16. The molecule has 2 aliphatic rings. The first-order valence-electron chi connectivity index (χ1n) is 9.28. The first-order chi connectivity index (χ1) is 11.7. The van der Waals surface area contributed by atoms with Crippen LogP contribution in [0.25, 0.3) is 0 Å². The fourth-order valence-corrected chi connectivity index (χ4v) is 4.17. The van der Waals surface area contributed by atoms with Crippen LogP contribution >= 0.6 is 0 Å². The molecule has 1 amide bonds. The number of anilines is 1. The molecule has 4 heteroatoms. The second kappa shape index (κ2) is 7.81. The Morgan fingerprint density at radius 1 is 1.12 bits per heavy atom. The number of benzene rings is 1. The smallest absolute Gasteiger partial charge is 0.244 e. The first-order valence-corrected chi connectivity index (χ1v) is 9.28. The molecule has 128 valence electrons. The maximum Gasteiger partial charge on any atom is 0.244 e. The number of amides is 1. The monoisotopic (exact) mass is 325 g/mol. The lowest BCUT2D eigenvalue weighted by molar-refractivity contribution is -0.121. The van der Waals surface area contributed by atoms with Crippen molar-refractivity contribution in [2.45, 2.75) is 51.5 Å². The third-order valence-electron chi connectivity index (χ3n) is 5.51. The van der Waals surface area contributed by atoms with Gasteiger partial charge in [0.25, 0.3) is 0 Å². The van der Waals surface area contributed by atoms with Crippen LogP contribution < -0.4 is 4.90 Å². The van der Waals surface area contributed by atoms with Crippen molar-refractivity contribution < 1.29 is 4.79 Å². The minimum absolute atomic E-state index is 0.0426. The van der Waals surface area contributed by atoms with E-state index in [-0.39, 0.29) is 11.9 Å². The lowest BCUT2D eigenvalue weighted by atomic mass is 9.96. The number of nitrogens with zero attached hydrogens (tertiary/aromatic N) is 3. The molecule has 0 radical (unpaired) electrons. The van der Waals surface area contributed by atoms with E-state index in [1.54, 1.807) is 12.1 Å². The fraction of sp³-hybridized carbons (Fsp3) is 0.600. The maximum absolute atomic E-state index is 12.9. The molecule has 1 aromatic rings. The molecule has 0 saturated carbocycles. The van der Waals surface area contributed by atoms with Crippen LogP contribution in [0.5, 0.6) is 0 Å². The highest BCUT2D eigenvalue weighted by Crippen LogP contribution is 2.28. The summed E-state index contributed by atoms with van der Waals surface area (Å²) in [5.74, 6) is 1.07. The summed E-state index contributed by atoms with van der Waals surface area (Å²) in [6, 6.07) is 9.52. The van der Waals surface area contributed by atoms with Gasteiger partial charge in [0.2, 0.25) is 5.91 Å². The van der Waals surface area contributed by atoms with Gasteiger partial charge in [0.05, 0.1) is 17.7 Å². The zero-order chi connectivity index (χ0) is 16.9. The largest absolute Gasteiger partial charge is 0.311 e. The molecule has 0 aliphatic carbocycles. The number of likely N-dealkylation sites (tertiary alicyclic amines) is 1. The molecule has 0 unspecified atom stereocenters. The molecule has 24 heavy (non-hydrogen) atoms. The Hall–Kier alpha value is -1.86. The summed E-state index contributed by atoms with van der Waals surface area (Å²) < 4.78 is 0. The van der Waals surface area contributed by atoms with Crippen LogP contribution in [0.4, 0.5) is 5.69 Å². The molecule has 0 bridgehead atoms. The van der Waals surface area contributed by atoms with Crippen LogP contribution in [-0.2, 0) is 4.79 Å². The van der Waals surface area contributed by atoms with E-state index in [9.17, 15) is 4.79 Å². The number of hydrogen-bond acceptors (Lipinski definition) is 3. The van der Waals surface area contributed by atoms with Gasteiger partial charge in [-0.2, -0.15) is 5.26 Å². The van der Waals surface area contributed by atoms with Gasteiger partial charge in [0.1, 0.15) is 0 Å². The Morgan fingerprint density at radius 3 is 2.62 bits per heavy atom. The Labute approximate surface area is 145 Å². The average molecular weight is 325 g/mol. The van der Waals surface area contributed by atoms with Crippen molar-refractivity contribution in [1.29, 1.82) is 5.26 Å². The minimum Gasteiger partial charge on any atom is -0.311 e. The van der Waals surface area contributed by atoms with E-state index < -0.39 is 0 Å². The molecule has 0 aromatic heterocycles. The molecule has 2 atom stereocenters. The van der Waals surface area contributed by atoms with Gasteiger partial charge >= 0.3 is 0 Å². The highest BCUT2D eigenvalue weighted by Gasteiger charge is 2.37. The Balaban J connectivity index is 1.64. The number of carbonyl (C=O) groups excluding carboxylic acids is 1. The van der Waals surface area contributed by atoms with Gasteiger partial charge in [-0.15, -0.1) is 0 Å². The van der Waals surface area contributed by atoms with E-state index in [1.807, 2.05) is 17.0 Å². The van der Waals surface area contributed by atoms with Gasteiger partial charge in [0.15, 0.2) is 0 Å². The van der Waals surface area contributed by atoms with E-state index >= 15 is 0 Å². The van der Waals surface area contributed by atoms with Crippen LogP contribution in [0.15, 0.2) is 24.3 Å². The van der Waals surface area contributed by atoms with Crippen LogP contribution in [0.3, 0.4) is 0 Å². The molecule has 3 rings (SSSR count). The molecular weight excluding hydrogens is 298 g/mol. The van der Waals surface area contributed by atoms with Crippen LogP contribution in [0.2, 0.25) is 0 Å². The zero-order valence-corrected chi connectivity index (χ0v) is 14.6.